The van der Waals surface area contributed by atoms with E-state index < -0.39 is 22.4 Å². The van der Waals surface area contributed by atoms with E-state index in [-0.39, 0.29) is 32.8 Å². The molecule has 31 heavy (non-hydrogen) atoms. The summed E-state index contributed by atoms with van der Waals surface area (Å²) in [6.45, 7) is 0. The zero-order valence-corrected chi connectivity index (χ0v) is 18.1. The second-order valence-corrected chi connectivity index (χ2v) is 6.52. The number of hydrogen-bond donors (Lipinski definition) is 3. The van der Waals surface area contributed by atoms with E-state index in [0.29, 0.717) is 5.75 Å². The predicted octanol–water partition coefficient (Wildman–Crippen LogP) is 2.22. The van der Waals surface area contributed by atoms with Crippen LogP contribution in [-0.4, -0.2) is 43.2 Å². The van der Waals surface area contributed by atoms with Crippen LogP contribution < -0.4 is 30.4 Å². The number of methoxy groups -OCH3 is 3. The largest absolute Gasteiger partial charge is 0.493 e. The van der Waals surface area contributed by atoms with E-state index in [4.69, 9.17) is 38.0 Å². The molecule has 11 nitrogen and oxygen atoms in total. The molecule has 0 saturated carbocycles. The number of halogens is 1. The van der Waals surface area contributed by atoms with Gasteiger partial charge in [0.05, 0.1) is 26.3 Å². The van der Waals surface area contributed by atoms with Crippen LogP contribution in [0.25, 0.3) is 0 Å². The summed E-state index contributed by atoms with van der Waals surface area (Å²) >= 11 is 10.7. The van der Waals surface area contributed by atoms with Crippen LogP contribution in [0, 0.1) is 10.1 Å². The van der Waals surface area contributed by atoms with Crippen molar-refractivity contribution in [1.29, 1.82) is 0 Å². The van der Waals surface area contributed by atoms with E-state index in [1.165, 1.54) is 45.6 Å². The predicted molar refractivity (Wildman–Crippen MR) is 115 cm³/mol. The molecule has 0 aliphatic rings. The number of nitro benzene ring substituents is 1. The van der Waals surface area contributed by atoms with Crippen molar-refractivity contribution in [1.82, 2.24) is 16.2 Å². The molecule has 0 saturated heterocycles. The molecular formula is C18H17ClN4O7S. The van der Waals surface area contributed by atoms with Gasteiger partial charge in [0.1, 0.15) is 5.02 Å². The third-order valence-corrected chi connectivity index (χ3v) is 4.37. The Morgan fingerprint density at radius 3 is 2.10 bits per heavy atom. The van der Waals surface area contributed by atoms with Gasteiger partial charge in [0.15, 0.2) is 16.6 Å². The Bertz CT molecular complexity index is 1020. The van der Waals surface area contributed by atoms with Crippen LogP contribution in [0.2, 0.25) is 5.02 Å². The summed E-state index contributed by atoms with van der Waals surface area (Å²) in [5.41, 5.74) is 4.25. The topological polar surface area (TPSA) is 141 Å². The van der Waals surface area contributed by atoms with Crippen LogP contribution in [0.3, 0.4) is 0 Å². The highest BCUT2D eigenvalue weighted by Gasteiger charge is 2.19. The van der Waals surface area contributed by atoms with Gasteiger partial charge in [-0.05, 0) is 36.5 Å². The maximum absolute atomic E-state index is 12.5. The number of nitrogens with zero attached hydrogens (tertiary/aromatic N) is 1. The van der Waals surface area contributed by atoms with Crippen LogP contribution in [0.4, 0.5) is 5.69 Å². The second kappa shape index (κ2) is 10.4. The second-order valence-electron chi connectivity index (χ2n) is 5.70. The van der Waals surface area contributed by atoms with Gasteiger partial charge < -0.3 is 14.2 Å². The molecule has 0 aromatic heterocycles. The fourth-order valence-electron chi connectivity index (χ4n) is 2.40. The van der Waals surface area contributed by atoms with Gasteiger partial charge in [0, 0.05) is 17.2 Å². The number of carbonyl (C=O) groups is 2. The van der Waals surface area contributed by atoms with Crippen molar-refractivity contribution in [3.8, 4) is 17.2 Å². The standard InChI is InChI=1S/C18H17ClN4O7S/c1-28-13-7-10(8-14(29-2)15(13)30-3)16(24)20-18(31)22-21-17(25)9-4-5-11(19)12(6-9)23(26)27/h4-8H,1-3H3,(H,21,25)(H2,20,22,24,31). The summed E-state index contributed by atoms with van der Waals surface area (Å²) in [6.07, 6.45) is 0. The zero-order chi connectivity index (χ0) is 23.1. The molecule has 0 bridgehead atoms. The average molecular weight is 469 g/mol. The Balaban J connectivity index is 2.05. The zero-order valence-electron chi connectivity index (χ0n) is 16.5. The molecule has 2 amide bonds. The number of amides is 2. The van der Waals surface area contributed by atoms with Gasteiger partial charge in [0.25, 0.3) is 17.5 Å². The summed E-state index contributed by atoms with van der Waals surface area (Å²) in [7, 11) is 4.24. The third kappa shape index (κ3) is 5.71. The third-order valence-electron chi connectivity index (χ3n) is 3.85. The summed E-state index contributed by atoms with van der Waals surface area (Å²) in [4.78, 5) is 34.9. The molecule has 164 valence electrons. The van der Waals surface area contributed by atoms with E-state index in [0.717, 1.165) is 6.07 Å². The first-order valence-corrected chi connectivity index (χ1v) is 9.16. The first-order chi connectivity index (χ1) is 14.7. The molecule has 2 aromatic carbocycles. The number of thiocarbonyl (C=S) groups is 1. The van der Waals surface area contributed by atoms with Crippen molar-refractivity contribution >= 4 is 46.4 Å². The number of benzene rings is 2. The van der Waals surface area contributed by atoms with Gasteiger partial charge in [0.2, 0.25) is 5.75 Å². The number of rotatable bonds is 6. The van der Waals surface area contributed by atoms with Gasteiger partial charge in [-0.1, -0.05) is 11.6 Å². The van der Waals surface area contributed by atoms with Crippen molar-refractivity contribution in [2.24, 2.45) is 0 Å². The summed E-state index contributed by atoms with van der Waals surface area (Å²) < 4.78 is 15.6. The Kier molecular flexibility index (Phi) is 7.94. The maximum atomic E-state index is 12.5. The van der Waals surface area contributed by atoms with Crippen molar-refractivity contribution < 1.29 is 28.7 Å². The first kappa shape index (κ1) is 23.6. The Labute approximate surface area is 186 Å². The Morgan fingerprint density at radius 2 is 1.58 bits per heavy atom. The number of nitro groups is 1. The molecule has 3 N–H and O–H groups in total. The fraction of sp³-hybridized carbons (Fsp3) is 0.167. The van der Waals surface area contributed by atoms with Gasteiger partial charge in [-0.15, -0.1) is 0 Å². The van der Waals surface area contributed by atoms with Crippen molar-refractivity contribution in [2.75, 3.05) is 21.3 Å². The molecule has 0 aliphatic heterocycles. The van der Waals surface area contributed by atoms with Crippen LogP contribution >= 0.6 is 23.8 Å². The molecule has 13 heteroatoms. The highest BCUT2D eigenvalue weighted by atomic mass is 35.5. The number of carbonyl (C=O) groups excluding carboxylic acids is 2. The minimum Gasteiger partial charge on any atom is -0.493 e. The number of ether oxygens (including phenoxy) is 3. The normalized spacial score (nSPS) is 9.94. The first-order valence-electron chi connectivity index (χ1n) is 8.37. The molecule has 0 fully saturated rings. The molecule has 0 atom stereocenters. The molecular weight excluding hydrogens is 452 g/mol. The van der Waals surface area contributed by atoms with Crippen LogP contribution in [0.5, 0.6) is 17.2 Å². The minimum atomic E-state index is -0.732. The lowest BCUT2D eigenvalue weighted by Gasteiger charge is -2.15. The van der Waals surface area contributed by atoms with Crippen molar-refractivity contribution in [3.63, 3.8) is 0 Å². The SMILES string of the molecule is COc1cc(C(=O)NC(=S)NNC(=O)c2ccc(Cl)c([N+](=O)[O-])c2)cc(OC)c1OC. The monoisotopic (exact) mass is 468 g/mol. The van der Waals surface area contributed by atoms with Crippen LogP contribution in [-0.2, 0) is 0 Å². The summed E-state index contributed by atoms with van der Waals surface area (Å²) in [6, 6.07) is 6.37. The highest BCUT2D eigenvalue weighted by molar-refractivity contribution is 7.80. The number of hydrogen-bond acceptors (Lipinski definition) is 8. The average Bonchev–Trinajstić information content (AvgIpc) is 2.76. The molecule has 0 unspecified atom stereocenters. The van der Waals surface area contributed by atoms with Gasteiger partial charge in [-0.3, -0.25) is 35.9 Å². The Morgan fingerprint density at radius 1 is 0.968 bits per heavy atom. The Hall–Kier alpha value is -3.64. The van der Waals surface area contributed by atoms with E-state index in [2.05, 4.69) is 16.2 Å². The van der Waals surface area contributed by atoms with Gasteiger partial charge >= 0.3 is 0 Å². The summed E-state index contributed by atoms with van der Waals surface area (Å²) in [5, 5.41) is 13.0. The van der Waals surface area contributed by atoms with E-state index in [9.17, 15) is 19.7 Å². The van der Waals surface area contributed by atoms with Gasteiger partial charge in [-0.25, -0.2) is 0 Å². The van der Waals surface area contributed by atoms with Crippen molar-refractivity contribution in [2.45, 2.75) is 0 Å². The maximum Gasteiger partial charge on any atom is 0.288 e. The molecule has 0 heterocycles. The number of hydrazine groups is 1. The fourth-order valence-corrected chi connectivity index (χ4v) is 2.73. The molecule has 0 aliphatic carbocycles. The highest BCUT2D eigenvalue weighted by Crippen LogP contribution is 2.38. The lowest BCUT2D eigenvalue weighted by Crippen LogP contribution is -2.48. The quantitative estimate of drug-likeness (QED) is 0.330. The van der Waals surface area contributed by atoms with E-state index in [1.807, 2.05) is 0 Å². The molecule has 0 radical (unpaired) electrons. The van der Waals surface area contributed by atoms with E-state index in [1.54, 1.807) is 0 Å². The molecule has 2 aromatic rings. The molecule has 0 spiro atoms. The van der Waals surface area contributed by atoms with Gasteiger partial charge in [-0.2, -0.15) is 0 Å². The number of nitrogens with one attached hydrogen (secondary N) is 3. The minimum absolute atomic E-state index is 0.0395. The van der Waals surface area contributed by atoms with E-state index >= 15 is 0 Å². The van der Waals surface area contributed by atoms with Crippen LogP contribution in [0.15, 0.2) is 30.3 Å². The lowest BCUT2D eigenvalue weighted by atomic mass is 10.1. The summed E-state index contributed by atoms with van der Waals surface area (Å²) in [5.74, 6) is -0.504. The smallest absolute Gasteiger partial charge is 0.288 e. The lowest BCUT2D eigenvalue weighted by molar-refractivity contribution is -0.384. The van der Waals surface area contributed by atoms with Crippen molar-refractivity contribution in [3.05, 3.63) is 56.6 Å². The van der Waals surface area contributed by atoms with Crippen LogP contribution in [0.1, 0.15) is 20.7 Å². The molecule has 2 rings (SSSR count).